The normalized spacial score (nSPS) is 15.2. The standard InChI is InChI=1S/C6H16NO4P/c1-7(2)5-3-4-6(8)12(9,10)11/h6,8H,3-5H2,1-2H3,(H2,9,10,11). The summed E-state index contributed by atoms with van der Waals surface area (Å²) in [4.78, 5) is 18.9. The third kappa shape index (κ3) is 5.69. The van der Waals surface area contributed by atoms with Gasteiger partial charge in [-0.05, 0) is 33.5 Å². The molecule has 1 atom stereocenters. The predicted molar refractivity (Wildman–Crippen MR) is 45.8 cm³/mol. The van der Waals surface area contributed by atoms with Crippen LogP contribution in [-0.2, 0) is 4.57 Å². The van der Waals surface area contributed by atoms with Crippen molar-refractivity contribution in [2.75, 3.05) is 20.6 Å². The Balaban J connectivity index is 3.59. The number of hydrogen-bond acceptors (Lipinski definition) is 3. The zero-order valence-electron chi connectivity index (χ0n) is 7.34. The van der Waals surface area contributed by atoms with E-state index in [9.17, 15) is 4.57 Å². The van der Waals surface area contributed by atoms with E-state index >= 15 is 0 Å². The minimum atomic E-state index is -4.28. The SMILES string of the molecule is CN(C)CCCC(O)P(=O)(O)O. The van der Waals surface area contributed by atoms with Crippen LogP contribution in [0.5, 0.6) is 0 Å². The van der Waals surface area contributed by atoms with Crippen LogP contribution in [0.3, 0.4) is 0 Å². The van der Waals surface area contributed by atoms with Gasteiger partial charge in [0.2, 0.25) is 0 Å². The number of nitrogens with zero attached hydrogens (tertiary/aromatic N) is 1. The van der Waals surface area contributed by atoms with Gasteiger partial charge in [-0.1, -0.05) is 0 Å². The molecule has 0 aromatic rings. The average molecular weight is 197 g/mol. The summed E-state index contributed by atoms with van der Waals surface area (Å²) >= 11 is 0. The topological polar surface area (TPSA) is 81.0 Å². The highest BCUT2D eigenvalue weighted by atomic mass is 31.2. The van der Waals surface area contributed by atoms with Gasteiger partial charge in [-0.3, -0.25) is 4.57 Å². The molecule has 0 aliphatic carbocycles. The lowest BCUT2D eigenvalue weighted by atomic mass is 10.3. The van der Waals surface area contributed by atoms with Crippen LogP contribution in [0.4, 0.5) is 0 Å². The Bertz CT molecular complexity index is 167. The van der Waals surface area contributed by atoms with Crippen molar-refractivity contribution in [3.63, 3.8) is 0 Å². The van der Waals surface area contributed by atoms with Gasteiger partial charge in [0.1, 0.15) is 0 Å². The summed E-state index contributed by atoms with van der Waals surface area (Å²) in [7, 11) is -0.550. The molecule has 6 heteroatoms. The molecule has 0 aliphatic rings. The molecule has 3 N–H and O–H groups in total. The van der Waals surface area contributed by atoms with Crippen LogP contribution in [0.1, 0.15) is 12.8 Å². The molecule has 0 bridgehead atoms. The van der Waals surface area contributed by atoms with Crippen LogP contribution >= 0.6 is 7.60 Å². The molecule has 0 radical (unpaired) electrons. The molecule has 1 unspecified atom stereocenters. The van der Waals surface area contributed by atoms with Crippen molar-refractivity contribution >= 4 is 7.60 Å². The van der Waals surface area contributed by atoms with Crippen molar-refractivity contribution in [1.29, 1.82) is 0 Å². The largest absolute Gasteiger partial charge is 0.380 e. The van der Waals surface area contributed by atoms with Crippen molar-refractivity contribution < 1.29 is 19.5 Å². The highest BCUT2D eigenvalue weighted by Crippen LogP contribution is 2.41. The second-order valence-electron chi connectivity index (χ2n) is 3.02. The fraction of sp³-hybridized carbons (Fsp3) is 1.00. The molecular formula is C6H16NO4P. The molecule has 0 aromatic carbocycles. The van der Waals surface area contributed by atoms with Crippen LogP contribution in [0.25, 0.3) is 0 Å². The molecule has 0 rings (SSSR count). The lowest BCUT2D eigenvalue weighted by Crippen LogP contribution is -2.16. The summed E-state index contributed by atoms with van der Waals surface area (Å²) in [6.07, 6.45) is 0.724. The first-order chi connectivity index (χ1) is 5.34. The molecule has 0 spiro atoms. The van der Waals surface area contributed by atoms with Crippen molar-refractivity contribution in [3.8, 4) is 0 Å². The van der Waals surface area contributed by atoms with Gasteiger partial charge in [0.05, 0.1) is 0 Å². The predicted octanol–water partition coefficient (Wildman–Crippen LogP) is -0.176. The molecule has 12 heavy (non-hydrogen) atoms. The van der Waals surface area contributed by atoms with Crippen molar-refractivity contribution in [3.05, 3.63) is 0 Å². The first-order valence-electron chi connectivity index (χ1n) is 3.72. The Labute approximate surface area is 72.2 Å². The minimum Gasteiger partial charge on any atom is -0.380 e. The van der Waals surface area contributed by atoms with Gasteiger partial charge in [-0.15, -0.1) is 0 Å². The molecule has 5 nitrogen and oxygen atoms in total. The third-order valence-corrected chi connectivity index (χ3v) is 2.49. The van der Waals surface area contributed by atoms with Crippen LogP contribution in [0.15, 0.2) is 0 Å². The van der Waals surface area contributed by atoms with Crippen LogP contribution in [0, 0.1) is 0 Å². The Hall–Kier alpha value is 0.0700. The quantitative estimate of drug-likeness (QED) is 0.533. The fourth-order valence-electron chi connectivity index (χ4n) is 0.758. The summed E-state index contributed by atoms with van der Waals surface area (Å²) in [5.41, 5.74) is 0. The molecule has 0 fully saturated rings. The zero-order chi connectivity index (χ0) is 9.78. The number of rotatable bonds is 5. The van der Waals surface area contributed by atoms with Crippen molar-refractivity contribution in [2.45, 2.75) is 18.7 Å². The fourth-order valence-corrected chi connectivity index (χ4v) is 1.28. The van der Waals surface area contributed by atoms with Crippen molar-refractivity contribution in [2.24, 2.45) is 0 Å². The molecule has 0 aromatic heterocycles. The van der Waals surface area contributed by atoms with E-state index in [0.29, 0.717) is 6.42 Å². The lowest BCUT2D eigenvalue weighted by molar-refractivity contribution is 0.187. The molecule has 74 valence electrons. The number of aliphatic hydroxyl groups is 1. The second kappa shape index (κ2) is 4.94. The molecular weight excluding hydrogens is 181 g/mol. The molecule has 0 aliphatic heterocycles. The summed E-state index contributed by atoms with van der Waals surface area (Å²) in [6.45, 7) is 0.719. The van der Waals surface area contributed by atoms with E-state index in [1.807, 2.05) is 19.0 Å². The Morgan fingerprint density at radius 2 is 1.92 bits per heavy atom. The first-order valence-corrected chi connectivity index (χ1v) is 5.40. The van der Waals surface area contributed by atoms with E-state index in [1.54, 1.807) is 0 Å². The monoisotopic (exact) mass is 197 g/mol. The molecule has 0 saturated heterocycles. The summed E-state index contributed by atoms with van der Waals surface area (Å²) in [5.74, 6) is -1.50. The number of aliphatic hydroxyl groups excluding tert-OH is 1. The first kappa shape index (κ1) is 12.1. The third-order valence-electron chi connectivity index (χ3n) is 1.46. The summed E-state index contributed by atoms with van der Waals surface area (Å²) in [5, 5.41) is 8.92. The zero-order valence-corrected chi connectivity index (χ0v) is 8.24. The Kier molecular flexibility index (Phi) is 4.97. The van der Waals surface area contributed by atoms with Gasteiger partial charge < -0.3 is 19.8 Å². The van der Waals surface area contributed by atoms with Gasteiger partial charge in [0, 0.05) is 0 Å². The van der Waals surface area contributed by atoms with Gasteiger partial charge in [0.25, 0.3) is 0 Å². The summed E-state index contributed by atoms with van der Waals surface area (Å²) in [6, 6.07) is 0. The highest BCUT2D eigenvalue weighted by Gasteiger charge is 2.25. The average Bonchev–Trinajstić information content (AvgIpc) is 1.84. The maximum atomic E-state index is 10.4. The van der Waals surface area contributed by atoms with Crippen molar-refractivity contribution in [1.82, 2.24) is 4.90 Å². The van der Waals surface area contributed by atoms with Crippen LogP contribution in [-0.4, -0.2) is 46.3 Å². The molecule has 0 heterocycles. The Morgan fingerprint density at radius 1 is 1.42 bits per heavy atom. The van der Waals surface area contributed by atoms with E-state index in [0.717, 1.165) is 6.54 Å². The van der Waals surface area contributed by atoms with Gasteiger partial charge in [-0.2, -0.15) is 0 Å². The summed E-state index contributed by atoms with van der Waals surface area (Å²) < 4.78 is 10.4. The highest BCUT2D eigenvalue weighted by molar-refractivity contribution is 7.52. The second-order valence-corrected chi connectivity index (χ2v) is 4.79. The molecule has 0 saturated carbocycles. The number of hydrogen-bond donors (Lipinski definition) is 3. The van der Waals surface area contributed by atoms with E-state index in [4.69, 9.17) is 14.9 Å². The van der Waals surface area contributed by atoms with Crippen LogP contribution < -0.4 is 0 Å². The minimum absolute atomic E-state index is 0.141. The smallest absolute Gasteiger partial charge is 0.353 e. The van der Waals surface area contributed by atoms with Gasteiger partial charge in [0.15, 0.2) is 5.85 Å². The molecule has 0 amide bonds. The lowest BCUT2D eigenvalue weighted by Gasteiger charge is -2.13. The van der Waals surface area contributed by atoms with E-state index in [2.05, 4.69) is 0 Å². The van der Waals surface area contributed by atoms with E-state index < -0.39 is 13.4 Å². The van der Waals surface area contributed by atoms with Gasteiger partial charge in [-0.25, -0.2) is 0 Å². The maximum Gasteiger partial charge on any atom is 0.353 e. The van der Waals surface area contributed by atoms with E-state index in [-0.39, 0.29) is 6.42 Å². The van der Waals surface area contributed by atoms with Crippen LogP contribution in [0.2, 0.25) is 0 Å². The van der Waals surface area contributed by atoms with E-state index in [1.165, 1.54) is 0 Å². The maximum absolute atomic E-state index is 10.4. The Morgan fingerprint density at radius 3 is 2.25 bits per heavy atom. The van der Waals surface area contributed by atoms with Gasteiger partial charge >= 0.3 is 7.60 Å².